The van der Waals surface area contributed by atoms with Crippen LogP contribution in [0, 0.1) is 6.92 Å². The second-order valence-corrected chi connectivity index (χ2v) is 13.3. The molecule has 0 radical (unpaired) electrons. The monoisotopic (exact) mass is 675 g/mol. The van der Waals surface area contributed by atoms with Crippen molar-refractivity contribution < 1.29 is 32.5 Å². The largest absolute Gasteiger partial charge is 0.474 e. The molecule has 14 nitrogen and oxygen atoms in total. The van der Waals surface area contributed by atoms with E-state index in [4.69, 9.17) is 23.8 Å². The van der Waals surface area contributed by atoms with E-state index in [-0.39, 0.29) is 46.9 Å². The Hall–Kier alpha value is -3.46. The Morgan fingerprint density at radius 3 is 2.09 bits per heavy atom. The molecule has 1 aliphatic heterocycles. The van der Waals surface area contributed by atoms with Gasteiger partial charge in [0.15, 0.2) is 0 Å². The standard InChI is InChI=1S/C28H30N5O9PS2/c1-19-17-33(28(37)30-25(19)34)24-16-22(31-32-29)23(42-24)18-41-43(38,39-12-14-44-26(35)20-8-4-2-5-9-20)40-13-15-45-27(36)21-10-6-3-7-11-21/h2-11,17,22-24H,12-16,18H2,1H3,(H,30,34,37)/t22-,23+,24+/m0/s1. The normalized spacial score (nSPS) is 17.9. The molecule has 0 unspecified atom stereocenters. The minimum Gasteiger partial charge on any atom is -0.352 e. The molecule has 0 bridgehead atoms. The number of H-pyrrole nitrogens is 1. The van der Waals surface area contributed by atoms with Crippen LogP contribution in [-0.2, 0) is 22.9 Å². The third-order valence-corrected chi connectivity index (χ3v) is 9.61. The molecule has 2 aromatic carbocycles. The number of phosphoric acid groups is 1. The Kier molecular flexibility index (Phi) is 12.8. The minimum absolute atomic E-state index is 0.0754. The average Bonchev–Trinajstić information content (AvgIpc) is 3.45. The predicted octanol–water partition coefficient (Wildman–Crippen LogP) is 5.12. The summed E-state index contributed by atoms with van der Waals surface area (Å²) in [4.78, 5) is 54.0. The van der Waals surface area contributed by atoms with Gasteiger partial charge in [-0.05, 0) is 12.5 Å². The number of azide groups is 1. The molecule has 2 heterocycles. The first kappa shape index (κ1) is 34.4. The van der Waals surface area contributed by atoms with Crippen molar-refractivity contribution in [3.05, 3.63) is 115 Å². The molecule has 3 atom stereocenters. The van der Waals surface area contributed by atoms with Crippen molar-refractivity contribution in [3.8, 4) is 0 Å². The summed E-state index contributed by atoms with van der Waals surface area (Å²) in [6.07, 6.45) is -0.443. The van der Waals surface area contributed by atoms with Crippen molar-refractivity contribution in [2.24, 2.45) is 5.11 Å². The van der Waals surface area contributed by atoms with Crippen molar-refractivity contribution in [2.75, 3.05) is 31.3 Å². The van der Waals surface area contributed by atoms with E-state index in [1.54, 1.807) is 60.7 Å². The first-order chi connectivity index (χ1) is 21.7. The lowest BCUT2D eigenvalue weighted by Crippen LogP contribution is -2.33. The number of ether oxygens (including phenoxy) is 1. The summed E-state index contributed by atoms with van der Waals surface area (Å²) in [5.74, 6) is 0.285. The second-order valence-electron chi connectivity index (χ2n) is 9.53. The van der Waals surface area contributed by atoms with Crippen LogP contribution in [-0.4, -0.2) is 63.3 Å². The van der Waals surface area contributed by atoms with Crippen LogP contribution in [0.4, 0.5) is 0 Å². The van der Waals surface area contributed by atoms with Gasteiger partial charge in [-0.2, -0.15) is 0 Å². The molecular formula is C28H30N5O9PS2. The van der Waals surface area contributed by atoms with Gasteiger partial charge in [-0.3, -0.25) is 37.5 Å². The molecule has 1 N–H and O–H groups in total. The van der Waals surface area contributed by atoms with Crippen LogP contribution < -0.4 is 11.2 Å². The van der Waals surface area contributed by atoms with E-state index in [1.807, 2.05) is 0 Å². The molecule has 3 aromatic rings. The third-order valence-electron chi connectivity index (χ3n) is 6.41. The number of phosphoric ester groups is 1. The van der Waals surface area contributed by atoms with E-state index >= 15 is 0 Å². The van der Waals surface area contributed by atoms with Crippen molar-refractivity contribution in [1.82, 2.24) is 9.55 Å². The Labute approximate surface area is 266 Å². The van der Waals surface area contributed by atoms with Crippen LogP contribution in [0.25, 0.3) is 10.4 Å². The van der Waals surface area contributed by atoms with Gasteiger partial charge in [-0.15, -0.1) is 0 Å². The maximum atomic E-state index is 13.6. The molecule has 1 fully saturated rings. The van der Waals surface area contributed by atoms with Gasteiger partial charge in [0, 0.05) is 45.7 Å². The van der Waals surface area contributed by atoms with Crippen LogP contribution in [0.1, 0.15) is 38.9 Å². The summed E-state index contributed by atoms with van der Waals surface area (Å²) in [7, 11) is -4.28. The molecule has 0 amide bonds. The lowest BCUT2D eigenvalue weighted by Gasteiger charge is -2.21. The van der Waals surface area contributed by atoms with Gasteiger partial charge in [0.1, 0.15) is 6.23 Å². The third kappa shape index (κ3) is 10.0. The zero-order valence-electron chi connectivity index (χ0n) is 24.1. The van der Waals surface area contributed by atoms with Gasteiger partial charge in [-0.25, -0.2) is 9.36 Å². The SMILES string of the molecule is Cc1cn([C@H]2C[C@H](N=[N+]=[N-])[C@@H](COP(=O)(OCCSC(=O)c3ccccc3)OCCSC(=O)c3ccccc3)O2)c(=O)[nH]c1=O. The highest BCUT2D eigenvalue weighted by Gasteiger charge is 2.39. The molecule has 1 aromatic heterocycles. The fourth-order valence-corrected chi connectivity index (χ4v) is 6.92. The maximum absolute atomic E-state index is 13.6. The van der Waals surface area contributed by atoms with Gasteiger partial charge in [-0.1, -0.05) is 89.3 Å². The van der Waals surface area contributed by atoms with E-state index in [0.29, 0.717) is 11.1 Å². The Morgan fingerprint density at radius 1 is 1.00 bits per heavy atom. The van der Waals surface area contributed by atoms with Gasteiger partial charge in [0.05, 0.1) is 32.0 Å². The van der Waals surface area contributed by atoms with E-state index < -0.39 is 44.1 Å². The molecule has 1 aliphatic rings. The number of carbonyl (C=O) groups is 2. The molecule has 17 heteroatoms. The smallest absolute Gasteiger partial charge is 0.352 e. The zero-order chi connectivity index (χ0) is 32.2. The molecule has 4 rings (SSSR count). The van der Waals surface area contributed by atoms with E-state index in [2.05, 4.69) is 15.0 Å². The van der Waals surface area contributed by atoms with Crippen LogP contribution in [0.5, 0.6) is 0 Å². The van der Waals surface area contributed by atoms with Crippen molar-refractivity contribution >= 4 is 41.6 Å². The van der Waals surface area contributed by atoms with Crippen LogP contribution >= 0.6 is 31.3 Å². The summed E-state index contributed by atoms with van der Waals surface area (Å²) in [5.41, 5.74) is 9.13. The number of nitrogens with one attached hydrogen (secondary N) is 1. The van der Waals surface area contributed by atoms with Crippen LogP contribution in [0.3, 0.4) is 0 Å². The number of aromatic nitrogens is 2. The number of aromatic amines is 1. The van der Waals surface area contributed by atoms with E-state index in [1.165, 1.54) is 17.7 Å². The van der Waals surface area contributed by atoms with Crippen molar-refractivity contribution in [1.29, 1.82) is 0 Å². The number of aryl methyl sites for hydroxylation is 1. The molecule has 0 saturated carbocycles. The Balaban J connectivity index is 1.39. The Bertz CT molecular complexity index is 1620. The molecular weight excluding hydrogens is 645 g/mol. The number of hydrogen-bond donors (Lipinski definition) is 1. The van der Waals surface area contributed by atoms with Crippen LogP contribution in [0.2, 0.25) is 0 Å². The first-order valence-corrected chi connectivity index (χ1v) is 17.1. The summed E-state index contributed by atoms with van der Waals surface area (Å²) >= 11 is 1.94. The lowest BCUT2D eigenvalue weighted by molar-refractivity contribution is -0.0298. The summed E-state index contributed by atoms with van der Waals surface area (Å²) in [6, 6.07) is 16.5. The summed E-state index contributed by atoms with van der Waals surface area (Å²) < 4.78 is 37.4. The highest BCUT2D eigenvalue weighted by molar-refractivity contribution is 8.14. The second kappa shape index (κ2) is 16.7. The topological polar surface area (TPSA) is 192 Å². The maximum Gasteiger partial charge on any atom is 0.474 e. The average molecular weight is 676 g/mol. The number of hydrogen-bond acceptors (Lipinski definition) is 12. The Morgan fingerprint density at radius 2 is 1.56 bits per heavy atom. The number of carbonyl (C=O) groups excluding carboxylic acids is 2. The number of thioether (sulfide) groups is 2. The fraction of sp³-hybridized carbons (Fsp3) is 0.357. The molecule has 0 spiro atoms. The zero-order valence-corrected chi connectivity index (χ0v) is 26.6. The summed E-state index contributed by atoms with van der Waals surface area (Å²) in [6.45, 7) is 0.783. The number of rotatable bonds is 15. The quantitative estimate of drug-likeness (QED) is 0.0739. The van der Waals surface area contributed by atoms with Gasteiger partial charge in [0.25, 0.3) is 5.56 Å². The highest BCUT2D eigenvalue weighted by Crippen LogP contribution is 2.50. The number of nitrogens with zero attached hydrogens (tertiary/aromatic N) is 4. The molecule has 0 aliphatic carbocycles. The van der Waals surface area contributed by atoms with E-state index in [9.17, 15) is 23.7 Å². The molecule has 238 valence electrons. The van der Waals surface area contributed by atoms with Gasteiger partial charge >= 0.3 is 13.5 Å². The first-order valence-electron chi connectivity index (χ1n) is 13.7. The number of benzene rings is 2. The van der Waals surface area contributed by atoms with Crippen molar-refractivity contribution in [3.63, 3.8) is 0 Å². The van der Waals surface area contributed by atoms with Crippen molar-refractivity contribution in [2.45, 2.75) is 31.7 Å². The summed E-state index contributed by atoms with van der Waals surface area (Å²) in [5, 5.41) is 3.35. The van der Waals surface area contributed by atoms with Gasteiger partial charge < -0.3 is 4.74 Å². The molecule has 45 heavy (non-hydrogen) atoms. The fourth-order valence-electron chi connectivity index (χ4n) is 4.18. The highest BCUT2D eigenvalue weighted by atomic mass is 32.2. The van der Waals surface area contributed by atoms with Crippen LogP contribution in [0.15, 0.2) is 81.6 Å². The van der Waals surface area contributed by atoms with E-state index in [0.717, 1.165) is 23.5 Å². The van der Waals surface area contributed by atoms with Gasteiger partial charge in [0.2, 0.25) is 10.2 Å². The minimum atomic E-state index is -4.28. The molecule has 1 saturated heterocycles. The lowest BCUT2D eigenvalue weighted by atomic mass is 10.1. The predicted molar refractivity (Wildman–Crippen MR) is 169 cm³/mol.